The Morgan fingerprint density at radius 2 is 1.91 bits per heavy atom. The lowest BCUT2D eigenvalue weighted by molar-refractivity contribution is 0.340. The molecule has 0 aliphatic heterocycles. The largest absolute Gasteiger partial charge is 0.494 e. The second-order valence-electron chi connectivity index (χ2n) is 5.21. The Hall–Kier alpha value is -2.88. The van der Waals surface area contributed by atoms with E-state index < -0.39 is 0 Å². The van der Waals surface area contributed by atoms with Crippen LogP contribution in [0, 0.1) is 6.92 Å². The predicted molar refractivity (Wildman–Crippen MR) is 95.3 cm³/mol. The summed E-state index contributed by atoms with van der Waals surface area (Å²) in [6.45, 7) is 4.71. The van der Waals surface area contributed by atoms with E-state index in [-0.39, 0.29) is 0 Å². The fourth-order valence-electron chi connectivity index (χ4n) is 2.40. The monoisotopic (exact) mass is 305 g/mol. The van der Waals surface area contributed by atoms with Crippen LogP contribution in [0.2, 0.25) is 0 Å². The lowest BCUT2D eigenvalue weighted by atomic mass is 10.1. The van der Waals surface area contributed by atoms with Crippen molar-refractivity contribution in [1.29, 1.82) is 0 Å². The predicted octanol–water partition coefficient (Wildman–Crippen LogP) is 4.39. The Morgan fingerprint density at radius 3 is 2.70 bits per heavy atom. The first-order chi connectivity index (χ1) is 11.3. The van der Waals surface area contributed by atoms with Crippen LogP contribution in [0.4, 0.5) is 5.82 Å². The summed E-state index contributed by atoms with van der Waals surface area (Å²) in [6.07, 6.45) is 1.77. The molecule has 0 bridgehead atoms. The number of ether oxygens (including phenoxy) is 1. The standard InChI is InChI=1S/C19H19N3O/c1-3-23-16-10-8-15(9-11-16)13-20-22-19-12-14(2)17-6-4-5-7-18(17)21-19/h4-13H,3H2,1-2H3,(H,21,22)/b20-13+. The van der Waals surface area contributed by atoms with Crippen molar-refractivity contribution in [1.82, 2.24) is 4.98 Å². The molecule has 0 saturated heterocycles. The highest BCUT2D eigenvalue weighted by Gasteiger charge is 2.01. The van der Waals surface area contributed by atoms with Crippen LogP contribution in [0.5, 0.6) is 5.75 Å². The number of aromatic nitrogens is 1. The molecule has 1 N–H and O–H groups in total. The molecule has 0 aliphatic rings. The van der Waals surface area contributed by atoms with Gasteiger partial charge in [0.25, 0.3) is 0 Å². The van der Waals surface area contributed by atoms with E-state index in [0.717, 1.165) is 28.0 Å². The van der Waals surface area contributed by atoms with Crippen molar-refractivity contribution in [3.8, 4) is 5.75 Å². The van der Waals surface area contributed by atoms with Gasteiger partial charge >= 0.3 is 0 Å². The topological polar surface area (TPSA) is 46.5 Å². The number of hydrazone groups is 1. The molecule has 1 aromatic heterocycles. The number of nitrogens with zero attached hydrogens (tertiary/aromatic N) is 2. The summed E-state index contributed by atoms with van der Waals surface area (Å²) < 4.78 is 5.42. The molecule has 1 heterocycles. The van der Waals surface area contributed by atoms with Crippen molar-refractivity contribution in [2.45, 2.75) is 13.8 Å². The number of hydrogen-bond acceptors (Lipinski definition) is 4. The number of para-hydroxylation sites is 1. The summed E-state index contributed by atoms with van der Waals surface area (Å²) in [5.41, 5.74) is 6.13. The molecular formula is C19H19N3O. The summed E-state index contributed by atoms with van der Waals surface area (Å²) in [4.78, 5) is 4.56. The number of hydrogen-bond donors (Lipinski definition) is 1. The van der Waals surface area contributed by atoms with Crippen LogP contribution in [-0.2, 0) is 0 Å². The van der Waals surface area contributed by atoms with Crippen molar-refractivity contribution < 1.29 is 4.74 Å². The normalized spacial score (nSPS) is 11.0. The van der Waals surface area contributed by atoms with Crippen molar-refractivity contribution >= 4 is 22.9 Å². The lowest BCUT2D eigenvalue weighted by Crippen LogP contribution is -1.95. The molecule has 23 heavy (non-hydrogen) atoms. The van der Waals surface area contributed by atoms with E-state index in [1.54, 1.807) is 6.21 Å². The van der Waals surface area contributed by atoms with Crippen LogP contribution in [0.25, 0.3) is 10.9 Å². The minimum absolute atomic E-state index is 0.669. The third kappa shape index (κ3) is 3.66. The van der Waals surface area contributed by atoms with Crippen LogP contribution >= 0.6 is 0 Å². The Balaban J connectivity index is 1.72. The van der Waals surface area contributed by atoms with Gasteiger partial charge in [0.05, 0.1) is 18.3 Å². The summed E-state index contributed by atoms with van der Waals surface area (Å²) in [7, 11) is 0. The van der Waals surface area contributed by atoms with Gasteiger partial charge in [-0.3, -0.25) is 5.43 Å². The molecule has 116 valence electrons. The number of rotatable bonds is 5. The van der Waals surface area contributed by atoms with Gasteiger partial charge in [-0.15, -0.1) is 0 Å². The van der Waals surface area contributed by atoms with Gasteiger partial charge in [0.15, 0.2) is 0 Å². The number of nitrogens with one attached hydrogen (secondary N) is 1. The Kier molecular flexibility index (Phi) is 4.52. The SMILES string of the molecule is CCOc1ccc(/C=N/Nc2cc(C)c3ccccc3n2)cc1. The van der Waals surface area contributed by atoms with E-state index in [1.165, 1.54) is 5.56 Å². The summed E-state index contributed by atoms with van der Waals surface area (Å²) in [6, 6.07) is 17.9. The number of aryl methyl sites for hydroxylation is 1. The van der Waals surface area contributed by atoms with Crippen LogP contribution < -0.4 is 10.2 Å². The summed E-state index contributed by atoms with van der Waals surface area (Å²) in [5, 5.41) is 5.42. The molecule has 4 heteroatoms. The molecule has 0 atom stereocenters. The molecule has 0 saturated carbocycles. The van der Waals surface area contributed by atoms with Crippen molar-refractivity contribution in [2.75, 3.05) is 12.0 Å². The fourth-order valence-corrected chi connectivity index (χ4v) is 2.40. The van der Waals surface area contributed by atoms with Crippen molar-refractivity contribution in [2.24, 2.45) is 5.10 Å². The molecule has 0 aliphatic carbocycles. The van der Waals surface area contributed by atoms with Gasteiger partial charge in [-0.1, -0.05) is 18.2 Å². The van der Waals surface area contributed by atoms with Gasteiger partial charge in [0.1, 0.15) is 11.6 Å². The van der Waals surface area contributed by atoms with Crippen molar-refractivity contribution in [3.63, 3.8) is 0 Å². The molecule has 0 spiro atoms. The Morgan fingerprint density at radius 1 is 1.13 bits per heavy atom. The van der Waals surface area contributed by atoms with E-state index in [0.29, 0.717) is 6.61 Å². The van der Waals surface area contributed by atoms with E-state index in [1.807, 2.05) is 55.5 Å². The average molecular weight is 305 g/mol. The quantitative estimate of drug-likeness (QED) is 0.562. The highest BCUT2D eigenvalue weighted by atomic mass is 16.5. The molecule has 4 nitrogen and oxygen atoms in total. The number of fused-ring (bicyclic) bond motifs is 1. The van der Waals surface area contributed by atoms with E-state index in [9.17, 15) is 0 Å². The number of benzene rings is 2. The van der Waals surface area contributed by atoms with Gasteiger partial charge in [0, 0.05) is 5.39 Å². The molecule has 3 rings (SSSR count). The third-order valence-electron chi connectivity index (χ3n) is 3.51. The molecule has 0 radical (unpaired) electrons. The van der Waals surface area contributed by atoms with Crippen LogP contribution in [0.3, 0.4) is 0 Å². The zero-order chi connectivity index (χ0) is 16.1. The van der Waals surface area contributed by atoms with Crippen LogP contribution in [0.15, 0.2) is 59.7 Å². The van der Waals surface area contributed by atoms with Gasteiger partial charge < -0.3 is 4.74 Å². The molecule has 0 amide bonds. The zero-order valence-electron chi connectivity index (χ0n) is 13.3. The maximum Gasteiger partial charge on any atom is 0.147 e. The fraction of sp³-hybridized carbons (Fsp3) is 0.158. The summed E-state index contributed by atoms with van der Waals surface area (Å²) >= 11 is 0. The summed E-state index contributed by atoms with van der Waals surface area (Å²) in [5.74, 6) is 1.60. The van der Waals surface area contributed by atoms with Gasteiger partial charge in [-0.25, -0.2) is 4.98 Å². The van der Waals surface area contributed by atoms with E-state index in [4.69, 9.17) is 4.74 Å². The first kappa shape index (κ1) is 15.0. The lowest BCUT2D eigenvalue weighted by Gasteiger charge is -2.05. The maximum atomic E-state index is 5.42. The highest BCUT2D eigenvalue weighted by Crippen LogP contribution is 2.19. The van der Waals surface area contributed by atoms with Crippen LogP contribution in [0.1, 0.15) is 18.1 Å². The first-order valence-corrected chi connectivity index (χ1v) is 7.64. The van der Waals surface area contributed by atoms with Gasteiger partial charge in [0.2, 0.25) is 0 Å². The van der Waals surface area contributed by atoms with E-state index in [2.05, 4.69) is 28.5 Å². The Labute approximate surface area is 135 Å². The van der Waals surface area contributed by atoms with Gasteiger partial charge in [-0.2, -0.15) is 5.10 Å². The minimum atomic E-state index is 0.669. The van der Waals surface area contributed by atoms with Crippen LogP contribution in [-0.4, -0.2) is 17.8 Å². The molecule has 0 unspecified atom stereocenters. The average Bonchev–Trinajstić information content (AvgIpc) is 2.57. The molecular weight excluding hydrogens is 286 g/mol. The molecule has 2 aromatic carbocycles. The Bertz CT molecular complexity index is 826. The smallest absolute Gasteiger partial charge is 0.147 e. The van der Waals surface area contributed by atoms with E-state index >= 15 is 0 Å². The third-order valence-corrected chi connectivity index (χ3v) is 3.51. The van der Waals surface area contributed by atoms with Crippen molar-refractivity contribution in [3.05, 3.63) is 65.7 Å². The maximum absolute atomic E-state index is 5.42. The van der Waals surface area contributed by atoms with Gasteiger partial charge in [-0.05, 0) is 61.4 Å². The number of pyridine rings is 1. The first-order valence-electron chi connectivity index (χ1n) is 7.64. The molecule has 3 aromatic rings. The molecule has 0 fully saturated rings. The number of anilines is 1. The second kappa shape index (κ2) is 6.92. The second-order valence-corrected chi connectivity index (χ2v) is 5.21. The minimum Gasteiger partial charge on any atom is -0.494 e. The highest BCUT2D eigenvalue weighted by molar-refractivity contribution is 5.84. The zero-order valence-corrected chi connectivity index (χ0v) is 13.3.